The smallest absolute Gasteiger partial charge is 0.329 e. The number of nitrogens with zero attached hydrogens (tertiary/aromatic N) is 10. The van der Waals surface area contributed by atoms with E-state index in [2.05, 4.69) is 84.6 Å². The molecular formula is C63H75N17O9S. The molecule has 2 saturated carbocycles. The fraction of sp³-hybridized carbons (Fsp3) is 0.413. The molecule has 0 radical (unpaired) electrons. The number of carbonyl (C=O) groups is 3. The number of aliphatic hydroxyl groups excluding tert-OH is 4. The number of rotatable bonds is 22. The lowest BCUT2D eigenvalue weighted by Crippen LogP contribution is -2.51. The fourth-order valence-corrected chi connectivity index (χ4v) is 14.0. The zero-order chi connectivity index (χ0) is 62.6. The number of aromatic nitrogens is 8. The van der Waals surface area contributed by atoms with Gasteiger partial charge >= 0.3 is 16.2 Å². The second-order valence-electron chi connectivity index (χ2n) is 23.6. The molecule has 4 amide bonds. The lowest BCUT2D eigenvalue weighted by molar-refractivity contribution is -0.123. The molecule has 472 valence electrons. The number of hydrogen-bond acceptors (Lipinski definition) is 19. The van der Waals surface area contributed by atoms with Crippen molar-refractivity contribution in [1.29, 1.82) is 0 Å². The monoisotopic (exact) mass is 1250 g/mol. The molecule has 0 unspecified atom stereocenters. The van der Waals surface area contributed by atoms with Crippen LogP contribution in [0.4, 0.5) is 28.3 Å². The molecule has 2 aliphatic heterocycles. The van der Waals surface area contributed by atoms with E-state index in [0.29, 0.717) is 73.0 Å². The molecule has 90 heavy (non-hydrogen) atoms. The molecule has 0 spiro atoms. The molecule has 6 heterocycles. The highest BCUT2D eigenvalue weighted by Gasteiger charge is 2.46. The first-order chi connectivity index (χ1) is 43.6. The molecular weight excluding hydrogens is 1170 g/mol. The summed E-state index contributed by atoms with van der Waals surface area (Å²) in [6, 6.07) is 35.3. The predicted molar refractivity (Wildman–Crippen MR) is 338 cm³/mol. The number of imidazole rings is 2. The van der Waals surface area contributed by atoms with E-state index in [-0.39, 0.29) is 74.3 Å². The fourth-order valence-electron chi connectivity index (χ4n) is 13.0. The standard InChI is InChI=1S/C63H75N17O9S/c1-3-49(81)69-45-29-47(55(85)53(45)83)79-35-66-51-57(64-31-43(37-17-9-5-10-18-37)38-19-11-6-12-20-38)71-61(73-59(51)79)77-27-25-41(33-77)68-63(87)76-90(88,89)75-42-26-28-78(34-42)62-72-58(65-32-44(39-21-13-7-14-22-39)40-23-15-8-16-24-40)52-60(74-62)80(36-67-52)48-30-46(54(84)56(48)86)70-50(82)4-2/h5-24,35-36,41-48,53-56,75,83-86H,3-4,25-34H2,1-2H3,(H,69,81)(H,70,82)(H,64,71,73)(H,65,72,74)(H2,68,76,87)/t41-,42-,45+,46+,47-,48-,53-,54-,55+,56+/m1/s1. The van der Waals surface area contributed by atoms with Gasteiger partial charge in [0.25, 0.3) is 0 Å². The maximum atomic E-state index is 13.8. The van der Waals surface area contributed by atoms with Gasteiger partial charge in [-0.05, 0) is 47.9 Å². The Morgan fingerprint density at radius 1 is 0.533 bits per heavy atom. The largest absolute Gasteiger partial charge is 0.388 e. The van der Waals surface area contributed by atoms with E-state index in [0.717, 1.165) is 22.3 Å². The summed E-state index contributed by atoms with van der Waals surface area (Å²) in [7, 11) is -4.44. The highest BCUT2D eigenvalue weighted by atomic mass is 32.2. The van der Waals surface area contributed by atoms with Crippen molar-refractivity contribution in [3.05, 3.63) is 156 Å². The topological polar surface area (TPSA) is 344 Å². The third-order valence-electron chi connectivity index (χ3n) is 17.8. The van der Waals surface area contributed by atoms with Crippen LogP contribution < -0.4 is 45.8 Å². The number of anilines is 4. The minimum absolute atomic E-state index is 0.0935. The van der Waals surface area contributed by atoms with E-state index in [1.807, 2.05) is 82.6 Å². The summed E-state index contributed by atoms with van der Waals surface area (Å²) in [5.41, 5.74) is 5.85. The van der Waals surface area contributed by atoms with Crippen molar-refractivity contribution in [3.63, 3.8) is 0 Å². The molecule has 11 N–H and O–H groups in total. The van der Waals surface area contributed by atoms with E-state index in [1.54, 1.807) is 35.6 Å². The predicted octanol–water partition coefficient (Wildman–Crippen LogP) is 3.57. The average molecular weight is 1250 g/mol. The number of benzene rings is 4. The third kappa shape index (κ3) is 13.2. The van der Waals surface area contributed by atoms with Gasteiger partial charge in [0.15, 0.2) is 34.0 Å². The van der Waals surface area contributed by atoms with Crippen LogP contribution in [0.15, 0.2) is 134 Å². The van der Waals surface area contributed by atoms with Crippen molar-refractivity contribution in [2.45, 2.75) is 125 Å². The SMILES string of the molecule is CCC(=O)N[C@H]1C[C@@H](n2cnc3c(NCC(c4ccccc4)c4ccccc4)nc(N4CC[C@@H](NC(=O)NS(=O)(=O)N[C@@H]5CCN(c6nc(NCC(c7ccccc7)c7ccccc7)c7ncn([C@@H]8C[C@H](NC(=O)CC)[C@@H](O)[C@H]8O)c7n6)C5)C4)nc32)[C@H](O)[C@@H]1O. The Kier molecular flexibility index (Phi) is 18.2. The van der Waals surface area contributed by atoms with Crippen molar-refractivity contribution in [2.75, 3.05) is 59.7 Å². The van der Waals surface area contributed by atoms with E-state index in [9.17, 15) is 43.2 Å². The van der Waals surface area contributed by atoms with Crippen LogP contribution in [0.3, 0.4) is 0 Å². The summed E-state index contributed by atoms with van der Waals surface area (Å²) in [6.45, 7) is 5.28. The Hall–Kier alpha value is -8.86. The number of amides is 4. The summed E-state index contributed by atoms with van der Waals surface area (Å²) >= 11 is 0. The first kappa shape index (κ1) is 61.4. The van der Waals surface area contributed by atoms with E-state index < -0.39 is 76.9 Å². The molecule has 26 nitrogen and oxygen atoms in total. The van der Waals surface area contributed by atoms with Crippen LogP contribution in [-0.4, -0.2) is 174 Å². The Morgan fingerprint density at radius 2 is 0.922 bits per heavy atom. The molecule has 4 aromatic heterocycles. The molecule has 27 heteroatoms. The van der Waals surface area contributed by atoms with Gasteiger partial charge in [0.1, 0.15) is 24.4 Å². The van der Waals surface area contributed by atoms with Crippen LogP contribution in [0.25, 0.3) is 22.3 Å². The lowest BCUT2D eigenvalue weighted by Gasteiger charge is -2.22. The van der Waals surface area contributed by atoms with Crippen LogP contribution in [0, 0.1) is 0 Å². The Balaban J connectivity index is 0.742. The van der Waals surface area contributed by atoms with Crippen LogP contribution in [0.2, 0.25) is 0 Å². The normalized spacial score (nSPS) is 23.5. The lowest BCUT2D eigenvalue weighted by atomic mass is 9.91. The first-order valence-corrected chi connectivity index (χ1v) is 32.2. The van der Waals surface area contributed by atoms with Crippen molar-refractivity contribution >= 4 is 73.9 Å². The van der Waals surface area contributed by atoms with Crippen LogP contribution in [-0.2, 0) is 19.8 Å². The maximum absolute atomic E-state index is 13.8. The highest BCUT2D eigenvalue weighted by molar-refractivity contribution is 7.88. The number of urea groups is 1. The quantitative estimate of drug-likeness (QED) is 0.0462. The highest BCUT2D eigenvalue weighted by Crippen LogP contribution is 2.38. The van der Waals surface area contributed by atoms with Crippen molar-refractivity contribution in [2.24, 2.45) is 0 Å². The van der Waals surface area contributed by atoms with Crippen LogP contribution in [0.1, 0.15) is 98.5 Å². The van der Waals surface area contributed by atoms with Crippen LogP contribution >= 0.6 is 0 Å². The van der Waals surface area contributed by atoms with Crippen molar-refractivity contribution < 1.29 is 43.2 Å². The zero-order valence-corrected chi connectivity index (χ0v) is 50.6. The molecule has 10 atom stereocenters. The molecule has 2 aliphatic carbocycles. The van der Waals surface area contributed by atoms with Gasteiger partial charge in [-0.2, -0.15) is 33.1 Å². The Morgan fingerprint density at radius 3 is 1.32 bits per heavy atom. The molecule has 2 saturated heterocycles. The first-order valence-electron chi connectivity index (χ1n) is 30.7. The molecule has 12 rings (SSSR count). The number of hydrogen-bond donors (Lipinski definition) is 11. The van der Waals surface area contributed by atoms with Crippen LogP contribution in [0.5, 0.6) is 0 Å². The van der Waals surface area contributed by atoms with Gasteiger partial charge in [-0.25, -0.2) is 19.5 Å². The van der Waals surface area contributed by atoms with Gasteiger partial charge in [0, 0.05) is 76.0 Å². The summed E-state index contributed by atoms with van der Waals surface area (Å²) < 4.78 is 35.8. The summed E-state index contributed by atoms with van der Waals surface area (Å²) in [5.74, 6) is 0.641. The van der Waals surface area contributed by atoms with Crippen molar-refractivity contribution in [3.8, 4) is 0 Å². The zero-order valence-electron chi connectivity index (χ0n) is 49.8. The van der Waals surface area contributed by atoms with Gasteiger partial charge in [-0.3, -0.25) is 9.59 Å². The van der Waals surface area contributed by atoms with Gasteiger partial charge in [0.2, 0.25) is 23.7 Å². The second kappa shape index (κ2) is 26.7. The van der Waals surface area contributed by atoms with E-state index in [1.165, 1.54) is 0 Å². The van der Waals surface area contributed by atoms with E-state index >= 15 is 0 Å². The Labute approximate surface area is 520 Å². The van der Waals surface area contributed by atoms with Gasteiger partial charge in [-0.15, -0.1) is 0 Å². The summed E-state index contributed by atoms with van der Waals surface area (Å²) in [4.78, 5) is 71.7. The second-order valence-corrected chi connectivity index (χ2v) is 25.0. The number of fused-ring (bicyclic) bond motifs is 2. The third-order valence-corrected chi connectivity index (χ3v) is 18.9. The number of aliphatic hydroxyl groups is 4. The maximum Gasteiger partial charge on any atom is 0.329 e. The molecule has 4 fully saturated rings. The number of carbonyl (C=O) groups excluding carboxylic acids is 3. The molecule has 8 aromatic rings. The van der Waals surface area contributed by atoms with Crippen molar-refractivity contribution in [1.82, 2.24) is 64.4 Å². The Bertz CT molecular complexity index is 3850. The summed E-state index contributed by atoms with van der Waals surface area (Å²) in [6.07, 6.45) is -0.358. The molecule has 0 bridgehead atoms. The van der Waals surface area contributed by atoms with Gasteiger partial charge in [0.05, 0.1) is 36.8 Å². The molecule has 4 aliphatic rings. The average Bonchev–Trinajstić information content (AvgIpc) is 1.92. The molecule has 4 aromatic carbocycles. The van der Waals surface area contributed by atoms with Gasteiger partial charge < -0.3 is 65.9 Å². The summed E-state index contributed by atoms with van der Waals surface area (Å²) in [5, 5.41) is 60.6. The minimum atomic E-state index is -4.44. The minimum Gasteiger partial charge on any atom is -0.388 e. The van der Waals surface area contributed by atoms with E-state index in [4.69, 9.17) is 29.9 Å². The van der Waals surface area contributed by atoms with Gasteiger partial charge in [-0.1, -0.05) is 135 Å². The number of nitrogens with one attached hydrogen (secondary N) is 7.